The molecule has 0 spiro atoms. The van der Waals surface area contributed by atoms with Crippen molar-refractivity contribution in [2.24, 2.45) is 5.92 Å². The maximum atomic E-state index is 9.95. The molecule has 0 saturated carbocycles. The zero-order valence-electron chi connectivity index (χ0n) is 9.69. The first kappa shape index (κ1) is 14.8. The van der Waals surface area contributed by atoms with Gasteiger partial charge in [0.25, 0.3) is 0 Å². The quantitative estimate of drug-likeness (QED) is 0.357. The van der Waals surface area contributed by atoms with Crippen LogP contribution in [-0.4, -0.2) is 38.9 Å². The molecule has 0 fully saturated rings. The Balaban J connectivity index is 3.64. The van der Waals surface area contributed by atoms with Crippen LogP contribution in [0, 0.1) is 5.92 Å². The van der Waals surface area contributed by atoms with Crippen LogP contribution in [0.1, 0.15) is 46.0 Å². The number of rotatable bonds is 8. The van der Waals surface area contributed by atoms with Crippen molar-refractivity contribution in [2.75, 3.05) is 6.61 Å². The van der Waals surface area contributed by atoms with Gasteiger partial charge < -0.3 is 20.4 Å². The second-order valence-electron chi connectivity index (χ2n) is 4.72. The van der Waals surface area contributed by atoms with E-state index in [9.17, 15) is 5.11 Å². The highest BCUT2D eigenvalue weighted by Gasteiger charge is 2.22. The van der Waals surface area contributed by atoms with E-state index in [-0.39, 0.29) is 12.5 Å². The van der Waals surface area contributed by atoms with Crippen molar-refractivity contribution in [1.82, 2.24) is 0 Å². The van der Waals surface area contributed by atoms with Crippen LogP contribution in [0.2, 0.25) is 0 Å². The summed E-state index contributed by atoms with van der Waals surface area (Å²) >= 11 is 0. The van der Waals surface area contributed by atoms with Gasteiger partial charge >= 0.3 is 0 Å². The molecule has 0 radical (unpaired) electrons. The maximum Gasteiger partial charge on any atom is 0.151 e. The van der Waals surface area contributed by atoms with Crippen LogP contribution in [0.4, 0.5) is 0 Å². The SMILES string of the molecule is CC(CO)CC(C)(O)CCCCC(O)O. The maximum absolute atomic E-state index is 9.95. The normalized spacial score (nSPS) is 17.8. The Bertz CT molecular complexity index is 157. The first-order valence-corrected chi connectivity index (χ1v) is 5.57. The highest BCUT2D eigenvalue weighted by Crippen LogP contribution is 2.22. The lowest BCUT2D eigenvalue weighted by molar-refractivity contribution is -0.0484. The summed E-state index contributed by atoms with van der Waals surface area (Å²) in [6, 6.07) is 0. The monoisotopic (exact) mass is 220 g/mol. The van der Waals surface area contributed by atoms with Gasteiger partial charge in [0.1, 0.15) is 0 Å². The summed E-state index contributed by atoms with van der Waals surface area (Å²) in [7, 11) is 0. The van der Waals surface area contributed by atoms with Crippen LogP contribution in [0.3, 0.4) is 0 Å². The number of hydrogen-bond donors (Lipinski definition) is 4. The third-order valence-electron chi connectivity index (χ3n) is 2.53. The molecule has 2 atom stereocenters. The standard InChI is InChI=1S/C11H24O4/c1-9(8-12)7-11(2,15)6-4-3-5-10(13)14/h9-10,12-15H,3-8H2,1-2H3. The average molecular weight is 220 g/mol. The fourth-order valence-electron chi connectivity index (χ4n) is 1.75. The lowest BCUT2D eigenvalue weighted by Gasteiger charge is -2.26. The van der Waals surface area contributed by atoms with E-state index in [1.165, 1.54) is 0 Å². The van der Waals surface area contributed by atoms with Gasteiger partial charge in [-0.2, -0.15) is 0 Å². The first-order valence-electron chi connectivity index (χ1n) is 5.57. The van der Waals surface area contributed by atoms with Crippen molar-refractivity contribution in [3.63, 3.8) is 0 Å². The zero-order valence-corrected chi connectivity index (χ0v) is 9.69. The highest BCUT2D eigenvalue weighted by atomic mass is 16.5. The highest BCUT2D eigenvalue weighted by molar-refractivity contribution is 4.75. The molecule has 0 rings (SSSR count). The van der Waals surface area contributed by atoms with Crippen LogP contribution in [0.5, 0.6) is 0 Å². The van der Waals surface area contributed by atoms with Gasteiger partial charge in [-0.1, -0.05) is 13.3 Å². The average Bonchev–Trinajstić information content (AvgIpc) is 2.11. The van der Waals surface area contributed by atoms with E-state index >= 15 is 0 Å². The summed E-state index contributed by atoms with van der Waals surface area (Å²) < 4.78 is 0. The smallest absolute Gasteiger partial charge is 0.151 e. The van der Waals surface area contributed by atoms with Crippen molar-refractivity contribution >= 4 is 0 Å². The Morgan fingerprint density at radius 1 is 1.20 bits per heavy atom. The van der Waals surface area contributed by atoms with Gasteiger partial charge in [-0.25, -0.2) is 0 Å². The molecule has 0 aromatic heterocycles. The molecule has 0 aliphatic heterocycles. The number of unbranched alkanes of at least 4 members (excludes halogenated alkanes) is 1. The van der Waals surface area contributed by atoms with E-state index in [0.717, 1.165) is 6.42 Å². The van der Waals surface area contributed by atoms with Crippen molar-refractivity contribution in [3.05, 3.63) is 0 Å². The lowest BCUT2D eigenvalue weighted by Crippen LogP contribution is -2.28. The molecule has 0 aromatic rings. The van der Waals surface area contributed by atoms with Crippen molar-refractivity contribution in [3.8, 4) is 0 Å². The minimum Gasteiger partial charge on any atom is -0.396 e. The molecule has 0 amide bonds. The molecule has 4 nitrogen and oxygen atoms in total. The second kappa shape index (κ2) is 7.17. The minimum absolute atomic E-state index is 0.0888. The second-order valence-corrected chi connectivity index (χ2v) is 4.72. The van der Waals surface area contributed by atoms with Crippen LogP contribution in [0.15, 0.2) is 0 Å². The van der Waals surface area contributed by atoms with E-state index in [0.29, 0.717) is 25.7 Å². The number of aliphatic hydroxyl groups excluding tert-OH is 2. The predicted octanol–water partition coefficient (Wildman–Crippen LogP) is 0.627. The largest absolute Gasteiger partial charge is 0.396 e. The van der Waals surface area contributed by atoms with Crippen molar-refractivity contribution in [2.45, 2.75) is 57.8 Å². The van der Waals surface area contributed by atoms with Gasteiger partial charge in [0.15, 0.2) is 6.29 Å². The summed E-state index contributed by atoms with van der Waals surface area (Å²) in [6.07, 6.45) is 1.77. The number of aliphatic hydroxyl groups is 4. The fraction of sp³-hybridized carbons (Fsp3) is 1.00. The summed E-state index contributed by atoms with van der Waals surface area (Å²) in [5.41, 5.74) is -0.761. The van der Waals surface area contributed by atoms with Gasteiger partial charge in [-0.15, -0.1) is 0 Å². The topological polar surface area (TPSA) is 80.9 Å². The van der Waals surface area contributed by atoms with E-state index in [1.54, 1.807) is 6.92 Å². The minimum atomic E-state index is -1.24. The molecular weight excluding hydrogens is 196 g/mol. The Hall–Kier alpha value is -0.160. The van der Waals surface area contributed by atoms with Crippen molar-refractivity contribution in [1.29, 1.82) is 0 Å². The summed E-state index contributed by atoms with van der Waals surface area (Å²) in [6.45, 7) is 3.74. The van der Waals surface area contributed by atoms with E-state index in [4.69, 9.17) is 15.3 Å². The Labute approximate surface area is 91.6 Å². The predicted molar refractivity (Wildman–Crippen MR) is 58.2 cm³/mol. The van der Waals surface area contributed by atoms with Crippen LogP contribution in [-0.2, 0) is 0 Å². The summed E-state index contributed by atoms with van der Waals surface area (Å²) in [5.74, 6) is 0.100. The zero-order chi connectivity index (χ0) is 11.9. The van der Waals surface area contributed by atoms with Crippen LogP contribution in [0.25, 0.3) is 0 Å². The Kier molecular flexibility index (Phi) is 7.09. The molecule has 4 N–H and O–H groups in total. The van der Waals surface area contributed by atoms with Crippen LogP contribution < -0.4 is 0 Å². The Morgan fingerprint density at radius 3 is 2.27 bits per heavy atom. The molecule has 0 aliphatic carbocycles. The van der Waals surface area contributed by atoms with Crippen molar-refractivity contribution < 1.29 is 20.4 Å². The van der Waals surface area contributed by atoms with Gasteiger partial charge in [0.05, 0.1) is 5.60 Å². The lowest BCUT2D eigenvalue weighted by atomic mass is 9.89. The molecule has 0 saturated heterocycles. The van der Waals surface area contributed by atoms with Gasteiger partial charge in [0.2, 0.25) is 0 Å². The third-order valence-corrected chi connectivity index (χ3v) is 2.53. The summed E-state index contributed by atoms with van der Waals surface area (Å²) in [4.78, 5) is 0. The molecular formula is C11H24O4. The van der Waals surface area contributed by atoms with E-state index in [2.05, 4.69) is 0 Å². The Morgan fingerprint density at radius 2 is 1.80 bits per heavy atom. The van der Waals surface area contributed by atoms with Crippen LogP contribution >= 0.6 is 0 Å². The molecule has 0 heterocycles. The molecule has 0 aliphatic rings. The summed E-state index contributed by atoms with van der Waals surface area (Å²) in [5, 5.41) is 36.1. The third kappa shape index (κ3) is 8.81. The molecule has 92 valence electrons. The van der Waals surface area contributed by atoms with Gasteiger partial charge in [0, 0.05) is 6.61 Å². The fourth-order valence-corrected chi connectivity index (χ4v) is 1.75. The molecule has 0 aromatic carbocycles. The first-order chi connectivity index (χ1) is 6.87. The van der Waals surface area contributed by atoms with E-state index in [1.807, 2.05) is 6.92 Å². The number of hydrogen-bond acceptors (Lipinski definition) is 4. The van der Waals surface area contributed by atoms with E-state index < -0.39 is 11.9 Å². The van der Waals surface area contributed by atoms with Gasteiger partial charge in [-0.05, 0) is 38.5 Å². The molecule has 4 heteroatoms. The molecule has 0 bridgehead atoms. The van der Waals surface area contributed by atoms with Gasteiger partial charge in [-0.3, -0.25) is 0 Å². The molecule has 2 unspecified atom stereocenters. The molecule has 15 heavy (non-hydrogen) atoms.